The van der Waals surface area contributed by atoms with Gasteiger partial charge in [0.1, 0.15) is 29.4 Å². The summed E-state index contributed by atoms with van der Waals surface area (Å²) < 4.78 is 26.2. The van der Waals surface area contributed by atoms with E-state index in [4.69, 9.17) is 9.47 Å². The number of rotatable bonds is 9. The van der Waals surface area contributed by atoms with Gasteiger partial charge in [-0.25, -0.2) is 18.3 Å². The SMILES string of the molecule is COc1ccc(CS[C@@H]2C[C@@H](C(=O)NN(C)C(=O)OCc3ccccc3)N(S(=O)c3ccc4ccccc4c3)C2)cc1. The zero-order valence-electron chi connectivity index (χ0n) is 23.5. The molecule has 1 heterocycles. The second-order valence-electron chi connectivity index (χ2n) is 9.97. The van der Waals surface area contributed by atoms with Gasteiger partial charge in [0.15, 0.2) is 0 Å². The Morgan fingerprint density at radius 2 is 1.67 bits per heavy atom. The molecular weight excluding hydrogens is 571 g/mol. The third-order valence-electron chi connectivity index (χ3n) is 7.06. The van der Waals surface area contributed by atoms with E-state index in [1.807, 2.05) is 97.1 Å². The van der Waals surface area contributed by atoms with Gasteiger partial charge in [-0.1, -0.05) is 72.8 Å². The summed E-state index contributed by atoms with van der Waals surface area (Å²) in [5, 5.41) is 3.13. The Balaban J connectivity index is 1.28. The van der Waals surface area contributed by atoms with Crippen molar-refractivity contribution >= 4 is 45.5 Å². The normalized spacial score (nSPS) is 17.5. The quantitative estimate of drug-likeness (QED) is 0.253. The van der Waals surface area contributed by atoms with Crippen molar-refractivity contribution in [1.29, 1.82) is 0 Å². The molecule has 0 saturated carbocycles. The fourth-order valence-corrected chi connectivity index (χ4v) is 7.47. The van der Waals surface area contributed by atoms with Crippen LogP contribution in [0.2, 0.25) is 0 Å². The lowest BCUT2D eigenvalue weighted by Gasteiger charge is -2.25. The van der Waals surface area contributed by atoms with Crippen molar-refractivity contribution in [2.45, 2.75) is 35.0 Å². The lowest BCUT2D eigenvalue weighted by molar-refractivity contribution is -0.128. The number of carbonyl (C=O) groups excluding carboxylic acids is 2. The minimum Gasteiger partial charge on any atom is -0.497 e. The molecule has 0 spiro atoms. The van der Waals surface area contributed by atoms with E-state index >= 15 is 0 Å². The number of fused-ring (bicyclic) bond motifs is 1. The molecule has 1 unspecified atom stereocenters. The van der Waals surface area contributed by atoms with Crippen molar-refractivity contribution < 1.29 is 23.3 Å². The zero-order valence-corrected chi connectivity index (χ0v) is 25.1. The first-order valence-electron chi connectivity index (χ1n) is 13.6. The highest BCUT2D eigenvalue weighted by Crippen LogP contribution is 2.33. The second kappa shape index (κ2) is 13.9. The number of hydrogen-bond acceptors (Lipinski definition) is 6. The summed E-state index contributed by atoms with van der Waals surface area (Å²) in [7, 11) is 1.50. The number of amides is 2. The fraction of sp³-hybridized carbons (Fsp3) is 0.250. The Morgan fingerprint density at radius 3 is 2.40 bits per heavy atom. The van der Waals surface area contributed by atoms with Crippen molar-refractivity contribution in [2.75, 3.05) is 20.7 Å². The number of methoxy groups -OCH3 is 1. The number of benzene rings is 4. The largest absolute Gasteiger partial charge is 0.497 e. The maximum Gasteiger partial charge on any atom is 0.428 e. The van der Waals surface area contributed by atoms with Crippen LogP contribution >= 0.6 is 11.8 Å². The predicted molar refractivity (Wildman–Crippen MR) is 166 cm³/mol. The molecule has 1 saturated heterocycles. The van der Waals surface area contributed by atoms with Crippen LogP contribution < -0.4 is 10.2 Å². The highest BCUT2D eigenvalue weighted by Gasteiger charge is 2.41. The van der Waals surface area contributed by atoms with Crippen molar-refractivity contribution in [3.63, 3.8) is 0 Å². The van der Waals surface area contributed by atoms with E-state index in [-0.39, 0.29) is 11.9 Å². The second-order valence-corrected chi connectivity index (χ2v) is 12.7. The number of hydrazine groups is 1. The molecule has 8 nitrogen and oxygen atoms in total. The topological polar surface area (TPSA) is 88.2 Å². The summed E-state index contributed by atoms with van der Waals surface area (Å²) in [6.07, 6.45) is -0.198. The van der Waals surface area contributed by atoms with Crippen LogP contribution in [0.3, 0.4) is 0 Å². The van der Waals surface area contributed by atoms with E-state index in [1.54, 1.807) is 23.2 Å². The third kappa shape index (κ3) is 7.31. The number of carbonyl (C=O) groups is 2. The average molecular weight is 604 g/mol. The van der Waals surface area contributed by atoms with Crippen LogP contribution in [0.15, 0.2) is 102 Å². The fourth-order valence-electron chi connectivity index (χ4n) is 4.76. The molecule has 0 aromatic heterocycles. The molecule has 1 N–H and O–H groups in total. The molecule has 5 rings (SSSR count). The van der Waals surface area contributed by atoms with E-state index in [2.05, 4.69) is 5.43 Å². The minimum absolute atomic E-state index is 0.0580. The van der Waals surface area contributed by atoms with Crippen molar-refractivity contribution in [3.8, 4) is 5.75 Å². The summed E-state index contributed by atoms with van der Waals surface area (Å²) in [6.45, 7) is 0.548. The van der Waals surface area contributed by atoms with E-state index in [9.17, 15) is 13.8 Å². The molecule has 3 atom stereocenters. The Labute approximate surface area is 252 Å². The van der Waals surface area contributed by atoms with Gasteiger partial charge in [0.2, 0.25) is 0 Å². The highest BCUT2D eigenvalue weighted by atomic mass is 32.2. The smallest absolute Gasteiger partial charge is 0.428 e. The molecule has 0 aliphatic carbocycles. The lowest BCUT2D eigenvalue weighted by atomic mass is 10.1. The van der Waals surface area contributed by atoms with Gasteiger partial charge in [0.05, 0.1) is 12.0 Å². The van der Waals surface area contributed by atoms with Crippen LogP contribution in [0.4, 0.5) is 4.79 Å². The number of nitrogens with one attached hydrogen (secondary N) is 1. The summed E-state index contributed by atoms with van der Waals surface area (Å²) in [5.74, 6) is 1.13. The molecule has 0 bridgehead atoms. The van der Waals surface area contributed by atoms with Crippen LogP contribution in [0, 0.1) is 0 Å². The van der Waals surface area contributed by atoms with Gasteiger partial charge in [-0.2, -0.15) is 11.8 Å². The number of ether oxygens (including phenoxy) is 2. The number of hydrogen-bond donors (Lipinski definition) is 1. The van der Waals surface area contributed by atoms with Crippen LogP contribution in [-0.4, -0.2) is 57.5 Å². The number of thioether (sulfide) groups is 1. The van der Waals surface area contributed by atoms with Crippen LogP contribution in [0.25, 0.3) is 10.8 Å². The average Bonchev–Trinajstić information content (AvgIpc) is 3.47. The first-order chi connectivity index (χ1) is 20.4. The monoisotopic (exact) mass is 603 g/mol. The van der Waals surface area contributed by atoms with Crippen molar-refractivity contribution in [2.24, 2.45) is 0 Å². The summed E-state index contributed by atoms with van der Waals surface area (Å²) >= 11 is 1.72. The van der Waals surface area contributed by atoms with E-state index < -0.39 is 29.0 Å². The summed E-state index contributed by atoms with van der Waals surface area (Å²) in [4.78, 5) is 26.8. The van der Waals surface area contributed by atoms with Gasteiger partial charge in [-0.05, 0) is 52.6 Å². The van der Waals surface area contributed by atoms with Crippen LogP contribution in [-0.2, 0) is 32.9 Å². The summed E-state index contributed by atoms with van der Waals surface area (Å²) in [5.41, 5.74) is 4.63. The Hall–Kier alpha value is -3.86. The van der Waals surface area contributed by atoms with Gasteiger partial charge in [0.25, 0.3) is 5.91 Å². The van der Waals surface area contributed by atoms with E-state index in [1.165, 1.54) is 7.05 Å². The first-order valence-corrected chi connectivity index (χ1v) is 15.7. The standard InChI is InChI=1S/C32H33N3O5S2/c1-34(32(37)40-21-23-8-4-3-5-9-23)33-31(36)30-19-28(41-22-24-12-15-27(39-2)16-13-24)20-35(30)42(38)29-17-14-25-10-6-7-11-26(25)18-29/h3-18,28,30H,19-22H2,1-2H3,(H,33,36)/t28-,30+,42?/m1/s1. The summed E-state index contributed by atoms with van der Waals surface area (Å²) in [6, 6.07) is 30.1. The maximum atomic E-state index is 13.9. The number of nitrogens with zero attached hydrogens (tertiary/aromatic N) is 2. The molecule has 4 aromatic carbocycles. The third-order valence-corrected chi connectivity index (χ3v) is 9.86. The molecule has 1 fully saturated rings. The van der Waals surface area contributed by atoms with Crippen LogP contribution in [0.1, 0.15) is 17.5 Å². The predicted octanol–water partition coefficient (Wildman–Crippen LogP) is 5.55. The molecular formula is C32H33N3O5S2. The lowest BCUT2D eigenvalue weighted by Crippen LogP contribution is -2.51. The molecule has 0 radical (unpaired) electrons. The maximum absolute atomic E-state index is 13.9. The Morgan fingerprint density at radius 1 is 0.952 bits per heavy atom. The van der Waals surface area contributed by atoms with Gasteiger partial charge in [-0.15, -0.1) is 0 Å². The first kappa shape index (κ1) is 29.6. The Bertz CT molecular complexity index is 1550. The van der Waals surface area contributed by atoms with E-state index in [0.717, 1.165) is 38.4 Å². The molecule has 218 valence electrons. The Kier molecular flexibility index (Phi) is 9.78. The minimum atomic E-state index is -1.58. The molecule has 1 aliphatic rings. The van der Waals surface area contributed by atoms with Crippen molar-refractivity contribution in [3.05, 3.63) is 108 Å². The van der Waals surface area contributed by atoms with E-state index in [0.29, 0.717) is 17.9 Å². The molecule has 4 aromatic rings. The molecule has 42 heavy (non-hydrogen) atoms. The molecule has 2 amide bonds. The van der Waals surface area contributed by atoms with Gasteiger partial charge < -0.3 is 9.47 Å². The van der Waals surface area contributed by atoms with Gasteiger partial charge in [-0.3, -0.25) is 10.2 Å². The highest BCUT2D eigenvalue weighted by molar-refractivity contribution is 7.99. The van der Waals surface area contributed by atoms with Gasteiger partial charge in [0, 0.05) is 24.6 Å². The van der Waals surface area contributed by atoms with Crippen LogP contribution in [0.5, 0.6) is 5.75 Å². The van der Waals surface area contributed by atoms with Gasteiger partial charge >= 0.3 is 6.09 Å². The zero-order chi connectivity index (χ0) is 29.5. The molecule has 10 heteroatoms. The van der Waals surface area contributed by atoms with Crippen molar-refractivity contribution in [1.82, 2.24) is 14.7 Å². The molecule has 1 aliphatic heterocycles.